The van der Waals surface area contributed by atoms with E-state index in [9.17, 15) is 4.39 Å². The van der Waals surface area contributed by atoms with E-state index < -0.39 is 5.82 Å². The summed E-state index contributed by atoms with van der Waals surface area (Å²) in [5.41, 5.74) is 4.18. The van der Waals surface area contributed by atoms with Gasteiger partial charge in [-0.25, -0.2) is 9.37 Å². The number of hydrogen-bond donors (Lipinski definition) is 1. The molecule has 1 aliphatic heterocycles. The third kappa shape index (κ3) is 3.04. The van der Waals surface area contributed by atoms with Crippen molar-refractivity contribution >= 4 is 10.9 Å². The molecule has 5 heteroatoms. The van der Waals surface area contributed by atoms with Crippen LogP contribution in [0.1, 0.15) is 22.3 Å². The van der Waals surface area contributed by atoms with Crippen LogP contribution in [-0.4, -0.2) is 11.5 Å². The summed E-state index contributed by atoms with van der Waals surface area (Å²) in [5.74, 6) is 0.0338. The molecule has 0 spiro atoms. The van der Waals surface area contributed by atoms with E-state index >= 15 is 0 Å². The molecule has 3 aromatic rings. The SMILES string of the molecule is N#Cc1ccc(COc2ccc3ccc4c(c3n2)CCNC4)c(F)c1. The lowest BCUT2D eigenvalue weighted by molar-refractivity contribution is 0.289. The van der Waals surface area contributed by atoms with Crippen LogP contribution in [0.25, 0.3) is 10.9 Å². The normalized spacial score (nSPS) is 13.3. The Hall–Kier alpha value is -2.97. The highest BCUT2D eigenvalue weighted by Gasteiger charge is 2.14. The Morgan fingerprint density at radius 2 is 2.08 bits per heavy atom. The van der Waals surface area contributed by atoms with Crippen molar-refractivity contribution < 1.29 is 9.13 Å². The monoisotopic (exact) mass is 333 g/mol. The Morgan fingerprint density at radius 1 is 1.20 bits per heavy atom. The summed E-state index contributed by atoms with van der Waals surface area (Å²) >= 11 is 0. The number of aromatic nitrogens is 1. The summed E-state index contributed by atoms with van der Waals surface area (Å²) in [6.07, 6.45) is 0.938. The number of hydrogen-bond acceptors (Lipinski definition) is 4. The predicted molar refractivity (Wildman–Crippen MR) is 92.6 cm³/mol. The van der Waals surface area contributed by atoms with Gasteiger partial charge >= 0.3 is 0 Å². The van der Waals surface area contributed by atoms with Crippen molar-refractivity contribution in [1.82, 2.24) is 10.3 Å². The maximum absolute atomic E-state index is 14.0. The molecule has 0 atom stereocenters. The van der Waals surface area contributed by atoms with E-state index in [0.717, 1.165) is 30.4 Å². The first-order valence-electron chi connectivity index (χ1n) is 8.18. The van der Waals surface area contributed by atoms with Crippen LogP contribution in [0.5, 0.6) is 5.88 Å². The van der Waals surface area contributed by atoms with Crippen LogP contribution in [0, 0.1) is 17.1 Å². The van der Waals surface area contributed by atoms with E-state index in [-0.39, 0.29) is 6.61 Å². The second-order valence-electron chi connectivity index (χ2n) is 6.06. The zero-order valence-electron chi connectivity index (χ0n) is 13.6. The van der Waals surface area contributed by atoms with Crippen molar-refractivity contribution in [2.45, 2.75) is 19.6 Å². The number of rotatable bonds is 3. The number of ether oxygens (including phenoxy) is 1. The van der Waals surface area contributed by atoms with Gasteiger partial charge in [0, 0.05) is 23.6 Å². The average molecular weight is 333 g/mol. The van der Waals surface area contributed by atoms with Crippen LogP contribution >= 0.6 is 0 Å². The fourth-order valence-electron chi connectivity index (χ4n) is 3.12. The fraction of sp³-hybridized carbons (Fsp3) is 0.200. The Labute approximate surface area is 144 Å². The largest absolute Gasteiger partial charge is 0.473 e. The van der Waals surface area contributed by atoms with Gasteiger partial charge < -0.3 is 10.1 Å². The highest BCUT2D eigenvalue weighted by molar-refractivity contribution is 5.83. The van der Waals surface area contributed by atoms with Gasteiger partial charge in [-0.05, 0) is 42.3 Å². The van der Waals surface area contributed by atoms with E-state index in [1.807, 2.05) is 12.1 Å². The number of nitriles is 1. The lowest BCUT2D eigenvalue weighted by Crippen LogP contribution is -2.23. The van der Waals surface area contributed by atoms with Gasteiger partial charge in [0.1, 0.15) is 12.4 Å². The molecule has 0 aliphatic carbocycles. The number of nitrogens with one attached hydrogen (secondary N) is 1. The van der Waals surface area contributed by atoms with Crippen LogP contribution in [0.2, 0.25) is 0 Å². The highest BCUT2D eigenvalue weighted by Crippen LogP contribution is 2.26. The minimum absolute atomic E-state index is 0.0760. The molecule has 0 unspecified atom stereocenters. The smallest absolute Gasteiger partial charge is 0.214 e. The van der Waals surface area contributed by atoms with Gasteiger partial charge in [-0.1, -0.05) is 18.2 Å². The second-order valence-corrected chi connectivity index (χ2v) is 6.06. The molecular weight excluding hydrogens is 317 g/mol. The summed E-state index contributed by atoms with van der Waals surface area (Å²) in [6, 6.07) is 14.3. The van der Waals surface area contributed by atoms with E-state index in [0.29, 0.717) is 17.0 Å². The summed E-state index contributed by atoms with van der Waals surface area (Å²) in [4.78, 5) is 4.64. The zero-order valence-corrected chi connectivity index (χ0v) is 13.6. The van der Waals surface area contributed by atoms with Gasteiger partial charge in [0.25, 0.3) is 0 Å². The first kappa shape index (κ1) is 15.6. The molecule has 25 heavy (non-hydrogen) atoms. The third-order valence-corrected chi connectivity index (χ3v) is 4.46. The molecule has 0 bridgehead atoms. The van der Waals surface area contributed by atoms with E-state index in [4.69, 9.17) is 10.00 Å². The molecule has 1 aromatic heterocycles. The quantitative estimate of drug-likeness (QED) is 0.797. The lowest BCUT2D eigenvalue weighted by Gasteiger charge is -2.18. The number of nitrogens with zero attached hydrogens (tertiary/aromatic N) is 2. The van der Waals surface area contributed by atoms with Crippen LogP contribution in [0.15, 0.2) is 42.5 Å². The van der Waals surface area contributed by atoms with Crippen molar-refractivity contribution in [3.63, 3.8) is 0 Å². The third-order valence-electron chi connectivity index (χ3n) is 4.46. The molecule has 0 saturated heterocycles. The standard InChI is InChI=1S/C20H16FN3O/c21-18-9-13(10-22)1-2-16(18)12-25-19-6-5-14-3-4-15-11-23-8-7-17(15)20(14)24-19/h1-6,9,23H,7-8,11-12H2. The molecule has 0 radical (unpaired) electrons. The maximum Gasteiger partial charge on any atom is 0.214 e. The highest BCUT2D eigenvalue weighted by atomic mass is 19.1. The van der Waals surface area contributed by atoms with Gasteiger partial charge in [0.2, 0.25) is 5.88 Å². The van der Waals surface area contributed by atoms with Gasteiger partial charge in [-0.2, -0.15) is 5.26 Å². The Morgan fingerprint density at radius 3 is 2.92 bits per heavy atom. The second kappa shape index (κ2) is 6.50. The molecule has 0 amide bonds. The van der Waals surface area contributed by atoms with Crippen molar-refractivity contribution in [1.29, 1.82) is 5.26 Å². The van der Waals surface area contributed by atoms with Crippen LogP contribution < -0.4 is 10.1 Å². The van der Waals surface area contributed by atoms with Gasteiger partial charge in [0.05, 0.1) is 17.1 Å². The summed E-state index contributed by atoms with van der Waals surface area (Å²) < 4.78 is 19.7. The summed E-state index contributed by atoms with van der Waals surface area (Å²) in [6.45, 7) is 1.87. The summed E-state index contributed by atoms with van der Waals surface area (Å²) in [7, 11) is 0. The van der Waals surface area contributed by atoms with Crippen LogP contribution in [-0.2, 0) is 19.6 Å². The van der Waals surface area contributed by atoms with Crippen molar-refractivity contribution in [3.8, 4) is 11.9 Å². The first-order chi connectivity index (χ1) is 12.2. The number of fused-ring (bicyclic) bond motifs is 3. The lowest BCUT2D eigenvalue weighted by atomic mass is 9.97. The number of pyridine rings is 1. The van der Waals surface area contributed by atoms with Crippen LogP contribution in [0.4, 0.5) is 4.39 Å². The molecule has 124 valence electrons. The van der Waals surface area contributed by atoms with Crippen molar-refractivity contribution in [2.24, 2.45) is 0 Å². The fourth-order valence-corrected chi connectivity index (χ4v) is 3.12. The molecule has 1 N–H and O–H groups in total. The molecule has 0 saturated carbocycles. The molecule has 0 fully saturated rings. The topological polar surface area (TPSA) is 57.9 Å². The molecule has 4 nitrogen and oxygen atoms in total. The van der Waals surface area contributed by atoms with E-state index in [1.54, 1.807) is 18.2 Å². The minimum Gasteiger partial charge on any atom is -0.473 e. The maximum atomic E-state index is 14.0. The van der Waals surface area contributed by atoms with Crippen molar-refractivity contribution in [3.05, 3.63) is 70.5 Å². The zero-order chi connectivity index (χ0) is 17.2. The molecule has 4 rings (SSSR count). The Bertz CT molecular complexity index is 994. The Kier molecular flexibility index (Phi) is 4.04. The number of halogens is 1. The number of benzene rings is 2. The molecule has 2 aromatic carbocycles. The van der Waals surface area contributed by atoms with E-state index in [1.165, 1.54) is 17.2 Å². The average Bonchev–Trinajstić information content (AvgIpc) is 2.66. The van der Waals surface area contributed by atoms with Gasteiger partial charge in [-0.3, -0.25) is 0 Å². The predicted octanol–water partition coefficient (Wildman–Crippen LogP) is 3.47. The minimum atomic E-state index is -0.441. The van der Waals surface area contributed by atoms with Crippen molar-refractivity contribution in [2.75, 3.05) is 6.54 Å². The van der Waals surface area contributed by atoms with E-state index in [2.05, 4.69) is 22.4 Å². The Balaban J connectivity index is 1.61. The van der Waals surface area contributed by atoms with Crippen LogP contribution in [0.3, 0.4) is 0 Å². The molecule has 1 aliphatic rings. The summed E-state index contributed by atoms with van der Waals surface area (Å²) in [5, 5.41) is 13.2. The molecule has 2 heterocycles. The van der Waals surface area contributed by atoms with Gasteiger partial charge in [-0.15, -0.1) is 0 Å². The van der Waals surface area contributed by atoms with Gasteiger partial charge in [0.15, 0.2) is 0 Å². The molecular formula is C20H16FN3O. The first-order valence-corrected chi connectivity index (χ1v) is 8.18.